The molecule has 1 aromatic heterocycles. The molecule has 0 radical (unpaired) electrons. The highest BCUT2D eigenvalue weighted by atomic mass is 79.9. The van der Waals surface area contributed by atoms with Crippen molar-refractivity contribution in [3.8, 4) is 5.75 Å². The van der Waals surface area contributed by atoms with E-state index in [9.17, 15) is 4.39 Å². The number of benzene rings is 1. The first-order valence-electron chi connectivity index (χ1n) is 4.97. The van der Waals surface area contributed by atoms with Gasteiger partial charge in [0.05, 0.1) is 0 Å². The quantitative estimate of drug-likeness (QED) is 0.865. The molecule has 0 bridgehead atoms. The number of rotatable bonds is 3. The molecule has 17 heavy (non-hydrogen) atoms. The van der Waals surface area contributed by atoms with Crippen molar-refractivity contribution in [3.05, 3.63) is 44.3 Å². The standard InChI is InChI=1S/C12H11BrFNOS/c1-7-2-12(10(14)4-11(7)15)16-5-9-3-8(13)6-17-9/h2-4,6H,5,15H2,1H3. The fraction of sp³-hybridized carbons (Fsp3) is 0.167. The van der Waals surface area contributed by atoms with Crippen LogP contribution < -0.4 is 10.5 Å². The lowest BCUT2D eigenvalue weighted by Crippen LogP contribution is -1.98. The minimum Gasteiger partial charge on any atom is -0.485 e. The summed E-state index contributed by atoms with van der Waals surface area (Å²) in [5, 5.41) is 1.96. The molecule has 0 spiro atoms. The Balaban J connectivity index is 2.11. The number of thiophene rings is 1. The van der Waals surface area contributed by atoms with Crippen molar-refractivity contribution in [2.75, 3.05) is 5.73 Å². The molecular weight excluding hydrogens is 305 g/mol. The molecule has 0 unspecified atom stereocenters. The van der Waals surface area contributed by atoms with Crippen molar-refractivity contribution in [2.24, 2.45) is 0 Å². The number of ether oxygens (including phenoxy) is 1. The molecule has 0 saturated carbocycles. The Bertz CT molecular complexity index is 541. The third-order valence-electron chi connectivity index (χ3n) is 2.31. The van der Waals surface area contributed by atoms with Crippen LogP contribution in [-0.4, -0.2) is 0 Å². The van der Waals surface area contributed by atoms with E-state index in [1.165, 1.54) is 6.07 Å². The van der Waals surface area contributed by atoms with Gasteiger partial charge in [-0.1, -0.05) is 0 Å². The smallest absolute Gasteiger partial charge is 0.167 e. The largest absolute Gasteiger partial charge is 0.485 e. The molecule has 90 valence electrons. The summed E-state index contributed by atoms with van der Waals surface area (Å²) in [4.78, 5) is 1.03. The van der Waals surface area contributed by atoms with Crippen molar-refractivity contribution in [1.29, 1.82) is 0 Å². The van der Waals surface area contributed by atoms with Gasteiger partial charge < -0.3 is 10.5 Å². The lowest BCUT2D eigenvalue weighted by atomic mass is 10.2. The Morgan fingerprint density at radius 2 is 2.18 bits per heavy atom. The summed E-state index contributed by atoms with van der Waals surface area (Å²) in [6.07, 6.45) is 0. The maximum atomic E-state index is 13.5. The van der Waals surface area contributed by atoms with E-state index in [0.29, 0.717) is 12.3 Å². The molecule has 0 atom stereocenters. The molecule has 1 heterocycles. The summed E-state index contributed by atoms with van der Waals surface area (Å²) < 4.78 is 20.0. The summed E-state index contributed by atoms with van der Waals surface area (Å²) in [7, 11) is 0. The highest BCUT2D eigenvalue weighted by molar-refractivity contribution is 9.10. The maximum Gasteiger partial charge on any atom is 0.167 e. The molecule has 5 heteroatoms. The monoisotopic (exact) mass is 315 g/mol. The number of hydrogen-bond acceptors (Lipinski definition) is 3. The predicted octanol–water partition coefficient (Wildman–Crippen LogP) is 4.12. The molecule has 0 aliphatic heterocycles. The number of aryl methyl sites for hydroxylation is 1. The van der Waals surface area contributed by atoms with Crippen molar-refractivity contribution in [2.45, 2.75) is 13.5 Å². The second kappa shape index (κ2) is 5.06. The van der Waals surface area contributed by atoms with E-state index in [0.717, 1.165) is 14.9 Å². The Hall–Kier alpha value is -1.07. The molecule has 2 rings (SSSR count). The number of anilines is 1. The Morgan fingerprint density at radius 1 is 1.41 bits per heavy atom. The summed E-state index contributed by atoms with van der Waals surface area (Å²) in [6, 6.07) is 4.86. The fourth-order valence-electron chi connectivity index (χ4n) is 1.36. The predicted molar refractivity (Wildman–Crippen MR) is 71.9 cm³/mol. The molecule has 2 nitrogen and oxygen atoms in total. The second-order valence-electron chi connectivity index (χ2n) is 3.66. The van der Waals surface area contributed by atoms with Crippen molar-refractivity contribution >= 4 is 33.0 Å². The molecule has 2 aromatic rings. The average Bonchev–Trinajstić information content (AvgIpc) is 2.68. The van der Waals surface area contributed by atoms with Crippen LogP contribution in [0.5, 0.6) is 5.75 Å². The van der Waals surface area contributed by atoms with E-state index >= 15 is 0 Å². The van der Waals surface area contributed by atoms with Crippen LogP contribution in [-0.2, 0) is 6.61 Å². The Kier molecular flexibility index (Phi) is 3.69. The van der Waals surface area contributed by atoms with Gasteiger partial charge in [0, 0.05) is 26.5 Å². The lowest BCUT2D eigenvalue weighted by molar-refractivity contribution is 0.293. The molecule has 0 aliphatic carbocycles. The first-order valence-corrected chi connectivity index (χ1v) is 6.65. The van der Waals surface area contributed by atoms with Gasteiger partial charge in [0.25, 0.3) is 0 Å². The molecule has 1 aromatic carbocycles. The van der Waals surface area contributed by atoms with E-state index in [1.807, 2.05) is 18.4 Å². The highest BCUT2D eigenvalue weighted by Crippen LogP contribution is 2.26. The molecule has 0 aliphatic rings. The summed E-state index contributed by atoms with van der Waals surface area (Å²) in [5.41, 5.74) is 6.85. The Morgan fingerprint density at radius 3 is 2.82 bits per heavy atom. The maximum absolute atomic E-state index is 13.5. The van der Waals surface area contributed by atoms with Crippen LogP contribution in [0.15, 0.2) is 28.1 Å². The van der Waals surface area contributed by atoms with Gasteiger partial charge in [-0.3, -0.25) is 0 Å². The minimum atomic E-state index is -0.427. The Labute approximate surface area is 111 Å². The van der Waals surface area contributed by atoms with E-state index in [4.69, 9.17) is 10.5 Å². The summed E-state index contributed by atoms with van der Waals surface area (Å²) >= 11 is 4.92. The van der Waals surface area contributed by atoms with Gasteiger partial charge in [-0.2, -0.15) is 0 Å². The van der Waals surface area contributed by atoms with E-state index < -0.39 is 5.82 Å². The van der Waals surface area contributed by atoms with Crippen LogP contribution in [0.3, 0.4) is 0 Å². The van der Waals surface area contributed by atoms with E-state index in [-0.39, 0.29) is 5.75 Å². The van der Waals surface area contributed by atoms with Gasteiger partial charge in [-0.05, 0) is 40.5 Å². The average molecular weight is 316 g/mol. The van der Waals surface area contributed by atoms with Crippen molar-refractivity contribution < 1.29 is 9.13 Å². The number of halogens is 2. The van der Waals surface area contributed by atoms with Crippen LogP contribution in [0.4, 0.5) is 10.1 Å². The number of nitrogen functional groups attached to an aromatic ring is 1. The molecular formula is C12H11BrFNOS. The third kappa shape index (κ3) is 2.98. The summed E-state index contributed by atoms with van der Waals surface area (Å²) in [6.45, 7) is 2.18. The van der Waals surface area contributed by atoms with Crippen LogP contribution in [0.25, 0.3) is 0 Å². The van der Waals surface area contributed by atoms with Crippen LogP contribution in [0, 0.1) is 12.7 Å². The van der Waals surface area contributed by atoms with Crippen molar-refractivity contribution in [3.63, 3.8) is 0 Å². The lowest BCUT2D eigenvalue weighted by Gasteiger charge is -2.08. The van der Waals surface area contributed by atoms with Crippen LogP contribution in [0.1, 0.15) is 10.4 Å². The third-order valence-corrected chi connectivity index (χ3v) is 3.98. The van der Waals surface area contributed by atoms with Crippen LogP contribution >= 0.6 is 27.3 Å². The zero-order valence-corrected chi connectivity index (χ0v) is 11.6. The van der Waals surface area contributed by atoms with Gasteiger partial charge in [-0.25, -0.2) is 4.39 Å². The topological polar surface area (TPSA) is 35.2 Å². The summed E-state index contributed by atoms with van der Waals surface area (Å²) in [5.74, 6) is -0.190. The van der Waals surface area contributed by atoms with Gasteiger partial charge in [0.2, 0.25) is 0 Å². The minimum absolute atomic E-state index is 0.237. The van der Waals surface area contributed by atoms with Gasteiger partial charge in [-0.15, -0.1) is 11.3 Å². The SMILES string of the molecule is Cc1cc(OCc2cc(Br)cs2)c(F)cc1N. The van der Waals surface area contributed by atoms with Gasteiger partial charge in [0.15, 0.2) is 11.6 Å². The number of hydrogen-bond donors (Lipinski definition) is 1. The zero-order chi connectivity index (χ0) is 12.4. The first kappa shape index (κ1) is 12.4. The molecule has 2 N–H and O–H groups in total. The molecule has 0 amide bonds. The highest BCUT2D eigenvalue weighted by Gasteiger charge is 2.07. The van der Waals surface area contributed by atoms with E-state index in [2.05, 4.69) is 15.9 Å². The number of nitrogens with two attached hydrogens (primary N) is 1. The second-order valence-corrected chi connectivity index (χ2v) is 5.57. The zero-order valence-electron chi connectivity index (χ0n) is 9.17. The first-order chi connectivity index (χ1) is 8.06. The molecule has 0 saturated heterocycles. The van der Waals surface area contributed by atoms with Gasteiger partial charge >= 0.3 is 0 Å². The van der Waals surface area contributed by atoms with E-state index in [1.54, 1.807) is 17.4 Å². The fourth-order valence-corrected chi connectivity index (χ4v) is 2.72. The van der Waals surface area contributed by atoms with Crippen LogP contribution in [0.2, 0.25) is 0 Å². The van der Waals surface area contributed by atoms with Crippen molar-refractivity contribution in [1.82, 2.24) is 0 Å². The molecule has 0 fully saturated rings. The normalized spacial score (nSPS) is 10.5. The van der Waals surface area contributed by atoms with Gasteiger partial charge in [0.1, 0.15) is 6.61 Å².